The summed E-state index contributed by atoms with van der Waals surface area (Å²) in [7, 11) is 0. The van der Waals surface area contributed by atoms with Crippen molar-refractivity contribution in [3.05, 3.63) is 22.5 Å². The van der Waals surface area contributed by atoms with E-state index in [2.05, 4.69) is 10.1 Å². The Labute approximate surface area is 87.3 Å². The van der Waals surface area contributed by atoms with Gasteiger partial charge in [-0.05, 0) is 12.1 Å². The van der Waals surface area contributed by atoms with Gasteiger partial charge in [0.2, 0.25) is 4.80 Å². The van der Waals surface area contributed by atoms with Crippen LogP contribution in [0.3, 0.4) is 0 Å². The molecule has 0 aliphatic heterocycles. The Bertz CT molecular complexity index is 599. The van der Waals surface area contributed by atoms with E-state index in [-0.39, 0.29) is 11.3 Å². The van der Waals surface area contributed by atoms with Gasteiger partial charge in [-0.25, -0.2) is 4.79 Å². The van der Waals surface area contributed by atoms with Gasteiger partial charge in [-0.3, -0.25) is 0 Å². The lowest BCUT2D eigenvalue weighted by molar-refractivity contribution is 0.0699. The molecule has 7 heteroatoms. The summed E-state index contributed by atoms with van der Waals surface area (Å²) in [6.45, 7) is 0. The summed E-state index contributed by atoms with van der Waals surface area (Å²) in [5.41, 5.74) is 0.447. The maximum Gasteiger partial charge on any atom is 0.337 e. The number of fused-ring (bicyclic) bond motifs is 1. The van der Waals surface area contributed by atoms with Crippen LogP contribution in [-0.2, 0) is 0 Å². The van der Waals surface area contributed by atoms with Crippen LogP contribution in [0.4, 0.5) is 0 Å². The normalized spacial score (nSPS) is 12.1. The van der Waals surface area contributed by atoms with E-state index in [9.17, 15) is 9.90 Å². The van der Waals surface area contributed by atoms with Gasteiger partial charge in [-0.2, -0.15) is 5.10 Å². The maximum atomic E-state index is 10.9. The van der Waals surface area contributed by atoms with Gasteiger partial charge >= 0.3 is 5.97 Å². The minimum atomic E-state index is -1.06. The predicted molar refractivity (Wildman–Crippen MR) is 54.6 cm³/mol. The van der Waals surface area contributed by atoms with Crippen molar-refractivity contribution >= 4 is 27.5 Å². The minimum Gasteiger partial charge on any atom is -0.506 e. The number of nitrogens with two attached hydrogens (primary N) is 1. The number of thiazole rings is 1. The van der Waals surface area contributed by atoms with E-state index in [4.69, 9.17) is 10.9 Å². The zero-order valence-corrected chi connectivity index (χ0v) is 8.21. The van der Waals surface area contributed by atoms with E-state index < -0.39 is 5.97 Å². The number of carboxylic acid groups (broad SMARTS) is 1. The van der Waals surface area contributed by atoms with Gasteiger partial charge in [0.1, 0.15) is 11.3 Å². The van der Waals surface area contributed by atoms with E-state index in [1.54, 1.807) is 0 Å². The molecule has 2 rings (SSSR count). The van der Waals surface area contributed by atoms with Crippen molar-refractivity contribution < 1.29 is 15.0 Å². The van der Waals surface area contributed by atoms with E-state index in [1.807, 2.05) is 0 Å². The lowest BCUT2D eigenvalue weighted by atomic mass is 10.2. The van der Waals surface area contributed by atoms with Crippen LogP contribution in [0.5, 0.6) is 5.75 Å². The molecule has 0 saturated heterocycles. The molecule has 15 heavy (non-hydrogen) atoms. The number of phenols is 1. The molecule has 5 N–H and O–H groups in total. The van der Waals surface area contributed by atoms with Crippen molar-refractivity contribution in [3.8, 4) is 5.75 Å². The zero-order valence-electron chi connectivity index (χ0n) is 7.39. The molecule has 0 atom stereocenters. The van der Waals surface area contributed by atoms with Crippen molar-refractivity contribution in [2.24, 2.45) is 10.9 Å². The summed E-state index contributed by atoms with van der Waals surface area (Å²) in [6, 6.07) is 2.65. The lowest BCUT2D eigenvalue weighted by Gasteiger charge is -1.97. The molecule has 1 aromatic carbocycles. The van der Waals surface area contributed by atoms with Crippen LogP contribution in [-0.4, -0.2) is 21.2 Å². The van der Waals surface area contributed by atoms with Crippen molar-refractivity contribution in [1.29, 1.82) is 0 Å². The Morgan fingerprint density at radius 1 is 1.53 bits per heavy atom. The number of carbonyl (C=O) groups is 1. The number of rotatable bonds is 1. The first-order chi connectivity index (χ1) is 7.13. The maximum absolute atomic E-state index is 10.9. The highest BCUT2D eigenvalue weighted by molar-refractivity contribution is 7.16. The van der Waals surface area contributed by atoms with Crippen molar-refractivity contribution in [3.63, 3.8) is 0 Å². The molecule has 0 radical (unpaired) electrons. The Morgan fingerprint density at radius 3 is 2.87 bits per heavy atom. The summed E-state index contributed by atoms with van der Waals surface area (Å²) in [6.07, 6.45) is 0. The van der Waals surface area contributed by atoms with Gasteiger partial charge in [-0.1, -0.05) is 11.3 Å². The Hall–Kier alpha value is -2.02. The van der Waals surface area contributed by atoms with Gasteiger partial charge in [0.25, 0.3) is 0 Å². The number of hydrogen-bond donors (Lipinski definition) is 4. The van der Waals surface area contributed by atoms with Crippen LogP contribution in [0.15, 0.2) is 17.2 Å². The standard InChI is InChI=1S/C8H7N3O3S/c9-11-8-10-5-4(12)2-1-3(7(13)14)6(5)15-8/h1-2,12H,9H2,(H,10,11)(H,13,14). The summed E-state index contributed by atoms with van der Waals surface area (Å²) in [5, 5.41) is 21.8. The molecule has 0 bridgehead atoms. The molecule has 78 valence electrons. The predicted octanol–water partition coefficient (Wildman–Crippen LogP) is 0.408. The third kappa shape index (κ3) is 1.42. The summed E-state index contributed by atoms with van der Waals surface area (Å²) < 4.78 is 0.423. The van der Waals surface area contributed by atoms with E-state index in [1.165, 1.54) is 12.1 Å². The largest absolute Gasteiger partial charge is 0.506 e. The highest BCUT2D eigenvalue weighted by Gasteiger charge is 2.13. The SMILES string of the molecule is N/N=c1\[nH]c2c(O)ccc(C(=O)O)c2s1. The number of H-pyrrole nitrogens is 1. The number of aromatic carboxylic acids is 1. The van der Waals surface area contributed by atoms with E-state index in [0.29, 0.717) is 15.0 Å². The number of hydrogen-bond acceptors (Lipinski definition) is 5. The van der Waals surface area contributed by atoms with Gasteiger partial charge in [0, 0.05) is 0 Å². The quantitative estimate of drug-likeness (QED) is 0.416. The highest BCUT2D eigenvalue weighted by Crippen LogP contribution is 2.27. The monoisotopic (exact) mass is 225 g/mol. The molecule has 0 unspecified atom stereocenters. The van der Waals surface area contributed by atoms with Crippen molar-refractivity contribution in [1.82, 2.24) is 4.98 Å². The fourth-order valence-corrected chi connectivity index (χ4v) is 2.18. The number of carboxylic acids is 1. The van der Waals surface area contributed by atoms with Crippen LogP contribution in [0.1, 0.15) is 10.4 Å². The van der Waals surface area contributed by atoms with Crippen LogP contribution >= 0.6 is 11.3 Å². The van der Waals surface area contributed by atoms with Gasteiger partial charge in [-0.15, -0.1) is 0 Å². The molecule has 0 spiro atoms. The Balaban J connectivity index is 2.92. The van der Waals surface area contributed by atoms with Crippen LogP contribution in [0.25, 0.3) is 10.2 Å². The summed E-state index contributed by atoms with van der Waals surface area (Å²) in [5.74, 6) is 3.98. The van der Waals surface area contributed by atoms with E-state index >= 15 is 0 Å². The third-order valence-electron chi connectivity index (χ3n) is 1.91. The number of aromatic amines is 1. The molecule has 0 aliphatic carbocycles. The van der Waals surface area contributed by atoms with Crippen molar-refractivity contribution in [2.75, 3.05) is 0 Å². The second-order valence-electron chi connectivity index (χ2n) is 2.80. The number of nitrogens with zero attached hydrogens (tertiary/aromatic N) is 1. The summed E-state index contributed by atoms with van der Waals surface area (Å²) >= 11 is 1.08. The lowest BCUT2D eigenvalue weighted by Crippen LogP contribution is -2.00. The van der Waals surface area contributed by atoms with Crippen LogP contribution in [0.2, 0.25) is 0 Å². The number of aromatic nitrogens is 1. The molecule has 0 amide bonds. The fraction of sp³-hybridized carbons (Fsp3) is 0. The fourth-order valence-electron chi connectivity index (χ4n) is 1.26. The van der Waals surface area contributed by atoms with Crippen LogP contribution in [0, 0.1) is 0 Å². The molecule has 6 nitrogen and oxygen atoms in total. The second-order valence-corrected chi connectivity index (χ2v) is 3.80. The Kier molecular flexibility index (Phi) is 2.09. The number of nitrogens with one attached hydrogen (secondary N) is 1. The average Bonchev–Trinajstić information content (AvgIpc) is 2.62. The minimum absolute atomic E-state index is 0.0267. The molecular formula is C8H7N3O3S. The number of phenolic OH excluding ortho intramolecular Hbond substituents is 1. The molecule has 0 fully saturated rings. The van der Waals surface area contributed by atoms with Crippen LogP contribution < -0.4 is 10.6 Å². The molecule has 0 aliphatic rings. The second kappa shape index (κ2) is 3.28. The Morgan fingerprint density at radius 2 is 2.27 bits per heavy atom. The van der Waals surface area contributed by atoms with Gasteiger partial charge in [0.05, 0.1) is 10.3 Å². The molecular weight excluding hydrogens is 218 g/mol. The molecule has 1 aromatic heterocycles. The van der Waals surface area contributed by atoms with E-state index in [0.717, 1.165) is 11.3 Å². The zero-order chi connectivity index (χ0) is 11.0. The number of benzene rings is 1. The highest BCUT2D eigenvalue weighted by atomic mass is 32.1. The first-order valence-electron chi connectivity index (χ1n) is 3.95. The van der Waals surface area contributed by atoms with Crippen molar-refractivity contribution in [2.45, 2.75) is 0 Å². The summed E-state index contributed by atoms with van der Waals surface area (Å²) in [4.78, 5) is 14.0. The van der Waals surface area contributed by atoms with Gasteiger partial charge < -0.3 is 21.0 Å². The average molecular weight is 225 g/mol. The molecule has 1 heterocycles. The first kappa shape index (κ1) is 9.53. The smallest absolute Gasteiger partial charge is 0.337 e. The van der Waals surface area contributed by atoms with Gasteiger partial charge in [0.15, 0.2) is 0 Å². The topological polar surface area (TPSA) is 112 Å². The molecule has 0 saturated carbocycles. The third-order valence-corrected chi connectivity index (χ3v) is 2.94. The first-order valence-corrected chi connectivity index (χ1v) is 4.77. The number of aromatic hydroxyl groups is 1. The molecule has 2 aromatic rings.